The molecule has 1 aromatic heterocycles. The Balaban J connectivity index is 3.04. The highest BCUT2D eigenvalue weighted by Gasteiger charge is 1.97. The van der Waals surface area contributed by atoms with Crippen molar-refractivity contribution in [1.29, 1.82) is 0 Å². The molecule has 0 saturated heterocycles. The largest absolute Gasteiger partial charge is 0.259 e. The summed E-state index contributed by atoms with van der Waals surface area (Å²) in [5.74, 6) is 0. The van der Waals surface area contributed by atoms with Crippen LogP contribution < -0.4 is 0 Å². The highest BCUT2D eigenvalue weighted by atomic mass is 79.9. The van der Waals surface area contributed by atoms with Crippen LogP contribution in [-0.4, -0.2) is 4.98 Å². The van der Waals surface area contributed by atoms with E-state index in [1.165, 1.54) is 0 Å². The molecule has 0 aromatic carbocycles. The molecule has 0 saturated carbocycles. The summed E-state index contributed by atoms with van der Waals surface area (Å²) in [5.41, 5.74) is 0.969. The third kappa shape index (κ3) is 1.94. The van der Waals surface area contributed by atoms with Crippen molar-refractivity contribution in [3.8, 4) is 0 Å². The zero-order valence-electron chi connectivity index (χ0n) is 4.94. The van der Waals surface area contributed by atoms with Gasteiger partial charge in [0, 0.05) is 16.0 Å². The third-order valence-electron chi connectivity index (χ3n) is 1.00. The summed E-state index contributed by atoms with van der Waals surface area (Å²) in [6.45, 7) is 0. The molecular formula is C6H4Br2ClN. The van der Waals surface area contributed by atoms with Gasteiger partial charge < -0.3 is 0 Å². The van der Waals surface area contributed by atoms with Gasteiger partial charge in [-0.25, -0.2) is 0 Å². The number of alkyl halides is 1. The maximum atomic E-state index is 5.71. The van der Waals surface area contributed by atoms with Gasteiger partial charge in [0.2, 0.25) is 0 Å². The summed E-state index contributed by atoms with van der Waals surface area (Å²) >= 11 is 12.3. The van der Waals surface area contributed by atoms with Crippen LogP contribution in [0.15, 0.2) is 16.7 Å². The minimum Gasteiger partial charge on any atom is -0.259 e. The first-order valence-electron chi connectivity index (χ1n) is 2.60. The van der Waals surface area contributed by atoms with Crippen molar-refractivity contribution >= 4 is 43.5 Å². The lowest BCUT2D eigenvalue weighted by Gasteiger charge is -1.96. The number of aromatic nitrogens is 1. The van der Waals surface area contributed by atoms with Crippen LogP contribution in [0.1, 0.15) is 5.69 Å². The normalized spacial score (nSPS) is 9.90. The minimum absolute atomic E-state index is 0.643. The Hall–Kier alpha value is 0.400. The summed E-state index contributed by atoms with van der Waals surface area (Å²) in [6.07, 6.45) is 1.63. The van der Waals surface area contributed by atoms with E-state index < -0.39 is 0 Å². The van der Waals surface area contributed by atoms with E-state index in [-0.39, 0.29) is 0 Å². The summed E-state index contributed by atoms with van der Waals surface area (Å²) in [4.78, 5) is 4.05. The van der Waals surface area contributed by atoms with E-state index in [9.17, 15) is 0 Å². The number of rotatable bonds is 1. The van der Waals surface area contributed by atoms with Crippen LogP contribution in [0.5, 0.6) is 0 Å². The fraction of sp³-hybridized carbons (Fsp3) is 0.167. The van der Waals surface area contributed by atoms with E-state index in [0.29, 0.717) is 5.02 Å². The molecule has 4 heteroatoms. The van der Waals surface area contributed by atoms with E-state index in [4.69, 9.17) is 11.6 Å². The second-order valence-corrected chi connectivity index (χ2v) is 3.55. The SMILES string of the molecule is Clc1cnc(CBr)cc1Br. The third-order valence-corrected chi connectivity index (χ3v) is 2.76. The average molecular weight is 285 g/mol. The quantitative estimate of drug-likeness (QED) is 0.721. The predicted molar refractivity (Wildman–Crippen MR) is 49.6 cm³/mol. The Labute approximate surface area is 81.1 Å². The van der Waals surface area contributed by atoms with Crippen molar-refractivity contribution in [2.45, 2.75) is 5.33 Å². The van der Waals surface area contributed by atoms with Gasteiger partial charge in [0.05, 0.1) is 10.7 Å². The molecule has 0 aliphatic heterocycles. The first kappa shape index (κ1) is 8.50. The average Bonchev–Trinajstić information content (AvgIpc) is 1.95. The molecule has 0 fully saturated rings. The molecule has 0 N–H and O–H groups in total. The first-order valence-corrected chi connectivity index (χ1v) is 4.89. The lowest BCUT2D eigenvalue weighted by atomic mass is 10.4. The van der Waals surface area contributed by atoms with Crippen LogP contribution >= 0.6 is 43.5 Å². The van der Waals surface area contributed by atoms with E-state index >= 15 is 0 Å². The molecule has 1 rings (SSSR count). The molecule has 0 amide bonds. The maximum absolute atomic E-state index is 5.71. The Kier molecular flexibility index (Phi) is 3.14. The zero-order chi connectivity index (χ0) is 7.56. The van der Waals surface area contributed by atoms with Gasteiger partial charge in [0.25, 0.3) is 0 Å². The van der Waals surface area contributed by atoms with Crippen LogP contribution in [0.4, 0.5) is 0 Å². The van der Waals surface area contributed by atoms with Crippen LogP contribution in [0.2, 0.25) is 5.02 Å². The minimum atomic E-state index is 0.643. The number of hydrogen-bond donors (Lipinski definition) is 0. The fourth-order valence-corrected chi connectivity index (χ4v) is 1.30. The van der Waals surface area contributed by atoms with Gasteiger partial charge >= 0.3 is 0 Å². The molecule has 0 aliphatic carbocycles. The summed E-state index contributed by atoms with van der Waals surface area (Å²) in [6, 6.07) is 1.89. The van der Waals surface area contributed by atoms with Gasteiger partial charge in [-0.05, 0) is 22.0 Å². The summed E-state index contributed by atoms with van der Waals surface area (Å²) < 4.78 is 0.888. The van der Waals surface area contributed by atoms with Crippen LogP contribution in [0.3, 0.4) is 0 Å². The van der Waals surface area contributed by atoms with E-state index in [1.807, 2.05) is 6.07 Å². The standard InChI is InChI=1S/C6H4Br2ClN/c7-2-4-1-5(8)6(9)3-10-4/h1,3H,2H2. The number of halogens is 3. The number of nitrogens with zero attached hydrogens (tertiary/aromatic N) is 1. The Morgan fingerprint density at radius 3 is 2.80 bits per heavy atom. The molecule has 54 valence electrons. The van der Waals surface area contributed by atoms with Gasteiger partial charge in [-0.3, -0.25) is 4.98 Å². The van der Waals surface area contributed by atoms with Crippen molar-refractivity contribution in [3.05, 3.63) is 27.5 Å². The van der Waals surface area contributed by atoms with Gasteiger partial charge in [-0.2, -0.15) is 0 Å². The van der Waals surface area contributed by atoms with Crippen LogP contribution in [-0.2, 0) is 5.33 Å². The highest BCUT2D eigenvalue weighted by molar-refractivity contribution is 9.10. The summed E-state index contributed by atoms with van der Waals surface area (Å²) in [7, 11) is 0. The molecule has 0 bridgehead atoms. The van der Waals surface area contributed by atoms with Crippen molar-refractivity contribution in [2.24, 2.45) is 0 Å². The zero-order valence-corrected chi connectivity index (χ0v) is 8.87. The molecule has 10 heavy (non-hydrogen) atoms. The van der Waals surface area contributed by atoms with Gasteiger partial charge in [0.1, 0.15) is 0 Å². The maximum Gasteiger partial charge on any atom is 0.0731 e. The second-order valence-electron chi connectivity index (χ2n) is 1.72. The Morgan fingerprint density at radius 2 is 2.30 bits per heavy atom. The second kappa shape index (κ2) is 3.69. The Morgan fingerprint density at radius 1 is 1.60 bits per heavy atom. The van der Waals surface area contributed by atoms with Gasteiger partial charge in [-0.1, -0.05) is 27.5 Å². The van der Waals surface area contributed by atoms with E-state index in [0.717, 1.165) is 15.5 Å². The number of pyridine rings is 1. The van der Waals surface area contributed by atoms with E-state index in [2.05, 4.69) is 36.8 Å². The topological polar surface area (TPSA) is 12.9 Å². The van der Waals surface area contributed by atoms with Crippen molar-refractivity contribution in [1.82, 2.24) is 4.98 Å². The Bertz CT molecular complexity index is 239. The molecule has 0 spiro atoms. The van der Waals surface area contributed by atoms with E-state index in [1.54, 1.807) is 6.20 Å². The van der Waals surface area contributed by atoms with Gasteiger partial charge in [0.15, 0.2) is 0 Å². The number of hydrogen-bond acceptors (Lipinski definition) is 1. The molecule has 0 atom stereocenters. The van der Waals surface area contributed by atoms with Crippen LogP contribution in [0, 0.1) is 0 Å². The van der Waals surface area contributed by atoms with Crippen LogP contribution in [0.25, 0.3) is 0 Å². The fourth-order valence-electron chi connectivity index (χ4n) is 0.527. The van der Waals surface area contributed by atoms with Crippen molar-refractivity contribution in [3.63, 3.8) is 0 Å². The lowest BCUT2D eigenvalue weighted by Crippen LogP contribution is -1.83. The van der Waals surface area contributed by atoms with Gasteiger partial charge in [-0.15, -0.1) is 0 Å². The van der Waals surface area contributed by atoms with Crippen molar-refractivity contribution in [2.75, 3.05) is 0 Å². The lowest BCUT2D eigenvalue weighted by molar-refractivity contribution is 1.18. The highest BCUT2D eigenvalue weighted by Crippen LogP contribution is 2.21. The predicted octanol–water partition coefficient (Wildman–Crippen LogP) is 3.39. The van der Waals surface area contributed by atoms with Crippen molar-refractivity contribution < 1.29 is 0 Å². The molecule has 0 unspecified atom stereocenters. The first-order chi connectivity index (χ1) is 4.74. The molecule has 1 nitrogen and oxygen atoms in total. The molecule has 0 radical (unpaired) electrons. The smallest absolute Gasteiger partial charge is 0.0731 e. The molecular weight excluding hydrogens is 281 g/mol. The monoisotopic (exact) mass is 283 g/mol. The summed E-state index contributed by atoms with van der Waals surface area (Å²) in [5, 5.41) is 1.40. The molecule has 1 heterocycles. The molecule has 1 aromatic rings. The molecule has 0 aliphatic rings.